The van der Waals surface area contributed by atoms with Gasteiger partial charge in [0.05, 0.1) is 18.7 Å². The number of benzene rings is 3. The second kappa shape index (κ2) is 13.2. The van der Waals surface area contributed by atoms with Crippen LogP contribution in [-0.2, 0) is 34.0 Å². The lowest BCUT2D eigenvalue weighted by atomic mass is 10.1. The Morgan fingerprint density at radius 3 is 2.31 bits per heavy atom. The molecule has 0 spiro atoms. The van der Waals surface area contributed by atoms with Crippen molar-refractivity contribution in [3.05, 3.63) is 101 Å². The Hall–Kier alpha value is -4.59. The second-order valence-electron chi connectivity index (χ2n) is 12.8. The van der Waals surface area contributed by atoms with E-state index in [0.717, 1.165) is 45.5 Å². The number of aromatic nitrogens is 1. The van der Waals surface area contributed by atoms with Gasteiger partial charge >= 0.3 is 5.97 Å². The lowest BCUT2D eigenvalue weighted by Gasteiger charge is -2.39. The smallest absolute Gasteiger partial charge is 0.338 e. The zero-order valence-corrected chi connectivity index (χ0v) is 27.1. The Morgan fingerprint density at radius 2 is 1.64 bits per heavy atom. The molecule has 1 aliphatic heterocycles. The average molecular weight is 610 g/mol. The minimum absolute atomic E-state index is 0.0221. The van der Waals surface area contributed by atoms with E-state index >= 15 is 0 Å². The molecule has 0 radical (unpaired) electrons. The summed E-state index contributed by atoms with van der Waals surface area (Å²) < 4.78 is 13.9. The van der Waals surface area contributed by atoms with E-state index in [2.05, 4.69) is 23.6 Å². The molecule has 5 rings (SSSR count). The van der Waals surface area contributed by atoms with Crippen molar-refractivity contribution in [3.63, 3.8) is 0 Å². The summed E-state index contributed by atoms with van der Waals surface area (Å²) in [4.78, 5) is 42.5. The van der Waals surface area contributed by atoms with Gasteiger partial charge in [-0.25, -0.2) is 4.79 Å². The molecule has 45 heavy (non-hydrogen) atoms. The number of amides is 2. The van der Waals surface area contributed by atoms with Gasteiger partial charge in [0.25, 0.3) is 0 Å². The lowest BCUT2D eigenvalue weighted by Crippen LogP contribution is -2.58. The van der Waals surface area contributed by atoms with Crippen LogP contribution in [0.3, 0.4) is 0 Å². The maximum Gasteiger partial charge on any atom is 0.338 e. The third kappa shape index (κ3) is 7.22. The first-order chi connectivity index (χ1) is 21.4. The predicted molar refractivity (Wildman–Crippen MR) is 175 cm³/mol. The fourth-order valence-corrected chi connectivity index (χ4v) is 5.83. The van der Waals surface area contributed by atoms with Crippen molar-refractivity contribution in [3.8, 4) is 5.75 Å². The summed E-state index contributed by atoms with van der Waals surface area (Å²) in [6.07, 6.45) is 0.806. The van der Waals surface area contributed by atoms with Gasteiger partial charge in [-0.3, -0.25) is 9.59 Å². The van der Waals surface area contributed by atoms with Crippen LogP contribution in [0.2, 0.25) is 0 Å². The van der Waals surface area contributed by atoms with Crippen LogP contribution in [0.5, 0.6) is 5.75 Å². The minimum atomic E-state index is -0.576. The maximum atomic E-state index is 13.4. The fourth-order valence-electron chi connectivity index (χ4n) is 5.83. The largest absolute Gasteiger partial charge is 0.489 e. The summed E-state index contributed by atoms with van der Waals surface area (Å²) in [7, 11) is 0. The molecule has 236 valence electrons. The molecule has 1 unspecified atom stereocenters. The standard InChI is InChI=1S/C37H43N3O5/c1-7-19-38-23-34(41)39(26(3)35(38)42)22-33-25(2)31-20-30(44-24-28-11-9-8-10-12-28)17-18-32(31)40(33)21-27-13-15-29(16-14-27)36(43)45-37(4,5)6/h8-18,20,26H,7,19,21-24H2,1-6H3. The van der Waals surface area contributed by atoms with Gasteiger partial charge in [-0.15, -0.1) is 0 Å². The van der Waals surface area contributed by atoms with Crippen LogP contribution in [0.4, 0.5) is 0 Å². The highest BCUT2D eigenvalue weighted by Crippen LogP contribution is 2.32. The van der Waals surface area contributed by atoms with Crippen molar-refractivity contribution in [2.45, 2.75) is 79.3 Å². The Labute approximate surface area is 265 Å². The number of esters is 1. The van der Waals surface area contributed by atoms with Gasteiger partial charge in [0.2, 0.25) is 11.8 Å². The van der Waals surface area contributed by atoms with Crippen LogP contribution >= 0.6 is 0 Å². The highest BCUT2D eigenvalue weighted by molar-refractivity contribution is 5.95. The van der Waals surface area contributed by atoms with Crippen LogP contribution in [0.1, 0.15) is 73.8 Å². The van der Waals surface area contributed by atoms with E-state index < -0.39 is 11.6 Å². The van der Waals surface area contributed by atoms with Crippen LogP contribution in [-0.4, -0.2) is 56.9 Å². The van der Waals surface area contributed by atoms with Gasteiger partial charge < -0.3 is 23.8 Å². The summed E-state index contributed by atoms with van der Waals surface area (Å²) in [5.74, 6) is 0.318. The quantitative estimate of drug-likeness (QED) is 0.192. The molecule has 1 atom stereocenters. The van der Waals surface area contributed by atoms with Crippen molar-refractivity contribution in [1.29, 1.82) is 0 Å². The first kappa shape index (κ1) is 31.8. The molecule has 4 aromatic rings. The SMILES string of the molecule is CCCN1CC(=O)N(Cc2c(C)c3cc(OCc4ccccc4)ccc3n2Cc2ccc(C(=O)OC(C)(C)C)cc2)C(C)C1=O. The van der Waals surface area contributed by atoms with Crippen LogP contribution in [0.15, 0.2) is 72.8 Å². The molecule has 0 bridgehead atoms. The number of nitrogens with zero attached hydrogens (tertiary/aromatic N) is 3. The van der Waals surface area contributed by atoms with Crippen molar-refractivity contribution in [1.82, 2.24) is 14.4 Å². The maximum absolute atomic E-state index is 13.4. The first-order valence-corrected chi connectivity index (χ1v) is 15.6. The number of carbonyl (C=O) groups is 3. The Balaban J connectivity index is 1.48. The van der Waals surface area contributed by atoms with Crippen molar-refractivity contribution >= 4 is 28.7 Å². The fraction of sp³-hybridized carbons (Fsp3) is 0.378. The van der Waals surface area contributed by atoms with Crippen molar-refractivity contribution in [2.24, 2.45) is 0 Å². The molecule has 0 aliphatic carbocycles. The second-order valence-corrected chi connectivity index (χ2v) is 12.8. The molecule has 0 N–H and O–H groups in total. The molecule has 3 aromatic carbocycles. The third-order valence-corrected chi connectivity index (χ3v) is 8.20. The molecule has 2 amide bonds. The number of ether oxygens (including phenoxy) is 2. The Bertz CT molecular complexity index is 1690. The van der Waals surface area contributed by atoms with E-state index in [-0.39, 0.29) is 24.3 Å². The molecule has 1 aliphatic rings. The van der Waals surface area contributed by atoms with E-state index in [1.807, 2.05) is 83.1 Å². The van der Waals surface area contributed by atoms with Gasteiger partial charge in [0, 0.05) is 29.7 Å². The lowest BCUT2D eigenvalue weighted by molar-refractivity contribution is -0.155. The third-order valence-electron chi connectivity index (χ3n) is 8.20. The topological polar surface area (TPSA) is 81.1 Å². The summed E-state index contributed by atoms with van der Waals surface area (Å²) in [6, 6.07) is 23.0. The highest BCUT2D eigenvalue weighted by Gasteiger charge is 2.37. The monoisotopic (exact) mass is 609 g/mol. The molecule has 1 aromatic heterocycles. The highest BCUT2D eigenvalue weighted by atomic mass is 16.6. The normalized spacial score (nSPS) is 15.6. The van der Waals surface area contributed by atoms with Gasteiger partial charge in [-0.1, -0.05) is 49.4 Å². The molecule has 8 nitrogen and oxygen atoms in total. The zero-order chi connectivity index (χ0) is 32.3. The van der Waals surface area contributed by atoms with E-state index in [1.165, 1.54) is 0 Å². The van der Waals surface area contributed by atoms with Gasteiger partial charge in [0.1, 0.15) is 24.0 Å². The van der Waals surface area contributed by atoms with Gasteiger partial charge in [0.15, 0.2) is 0 Å². The van der Waals surface area contributed by atoms with E-state index in [4.69, 9.17) is 9.47 Å². The molecule has 0 saturated carbocycles. The summed E-state index contributed by atoms with van der Waals surface area (Å²) >= 11 is 0. The Kier molecular flexibility index (Phi) is 9.32. The molecule has 2 heterocycles. The number of hydrogen-bond donors (Lipinski definition) is 0. The number of carbonyl (C=O) groups excluding carboxylic acids is 3. The summed E-state index contributed by atoms with van der Waals surface area (Å²) in [6.45, 7) is 13.4. The summed E-state index contributed by atoms with van der Waals surface area (Å²) in [5.41, 5.74) is 4.98. The molecular weight excluding hydrogens is 566 g/mol. The number of fused-ring (bicyclic) bond motifs is 1. The van der Waals surface area contributed by atoms with Crippen LogP contribution in [0.25, 0.3) is 10.9 Å². The van der Waals surface area contributed by atoms with Crippen LogP contribution in [0, 0.1) is 6.92 Å². The Morgan fingerprint density at radius 1 is 0.933 bits per heavy atom. The van der Waals surface area contributed by atoms with E-state index in [0.29, 0.717) is 31.8 Å². The number of rotatable bonds is 10. The van der Waals surface area contributed by atoms with E-state index in [9.17, 15) is 14.4 Å². The van der Waals surface area contributed by atoms with Crippen LogP contribution < -0.4 is 4.74 Å². The first-order valence-electron chi connectivity index (χ1n) is 15.6. The molecule has 1 fully saturated rings. The van der Waals surface area contributed by atoms with Crippen molar-refractivity contribution in [2.75, 3.05) is 13.1 Å². The zero-order valence-electron chi connectivity index (χ0n) is 27.1. The molecule has 8 heteroatoms. The predicted octanol–water partition coefficient (Wildman–Crippen LogP) is 6.50. The number of piperazine rings is 1. The minimum Gasteiger partial charge on any atom is -0.489 e. The van der Waals surface area contributed by atoms with Crippen molar-refractivity contribution < 1.29 is 23.9 Å². The molecular formula is C37H43N3O5. The van der Waals surface area contributed by atoms with Gasteiger partial charge in [-0.05, 0) is 88.1 Å². The summed E-state index contributed by atoms with van der Waals surface area (Å²) in [5, 5.41) is 1.02. The molecule has 1 saturated heterocycles. The number of hydrogen-bond acceptors (Lipinski definition) is 5. The average Bonchev–Trinajstić information content (AvgIpc) is 3.26. The van der Waals surface area contributed by atoms with Gasteiger partial charge in [-0.2, -0.15) is 0 Å². The van der Waals surface area contributed by atoms with E-state index in [1.54, 1.807) is 21.9 Å². The number of aryl methyl sites for hydroxylation is 1.